The average Bonchev–Trinajstić information content (AvgIpc) is 2.38. The summed E-state index contributed by atoms with van der Waals surface area (Å²) in [6.45, 7) is 19.9. The predicted octanol–water partition coefficient (Wildman–Crippen LogP) is 3.96. The first kappa shape index (κ1) is 12.1. The molecule has 0 saturated carbocycles. The molecule has 0 aromatic carbocycles. The highest BCUT2D eigenvalue weighted by atomic mass is 15.2. The van der Waals surface area contributed by atoms with Gasteiger partial charge in [0.05, 0.1) is 0 Å². The Kier molecular flexibility index (Phi) is 3.78. The number of allylic oxidation sites excluding steroid dienone is 2. The Labute approximate surface area is 94.2 Å². The van der Waals surface area contributed by atoms with Gasteiger partial charge < -0.3 is 4.90 Å². The molecule has 1 aliphatic rings. The molecular formula is C14H23N. The molecule has 0 amide bonds. The quantitative estimate of drug-likeness (QED) is 0.628. The van der Waals surface area contributed by atoms with Gasteiger partial charge in [-0.15, -0.1) is 0 Å². The van der Waals surface area contributed by atoms with Gasteiger partial charge in [-0.05, 0) is 18.8 Å². The van der Waals surface area contributed by atoms with Crippen molar-refractivity contribution in [3.8, 4) is 0 Å². The fourth-order valence-electron chi connectivity index (χ4n) is 1.90. The van der Waals surface area contributed by atoms with Crippen LogP contribution < -0.4 is 0 Å². The second-order valence-electron chi connectivity index (χ2n) is 4.88. The lowest BCUT2D eigenvalue weighted by molar-refractivity contribution is 0.445. The summed E-state index contributed by atoms with van der Waals surface area (Å²) < 4.78 is 0. The van der Waals surface area contributed by atoms with E-state index in [-0.39, 0.29) is 0 Å². The Morgan fingerprint density at radius 2 is 2.07 bits per heavy atom. The Morgan fingerprint density at radius 1 is 1.47 bits per heavy atom. The molecule has 1 heterocycles. The summed E-state index contributed by atoms with van der Waals surface area (Å²) in [6.07, 6.45) is 2.11. The van der Waals surface area contributed by atoms with Gasteiger partial charge in [0, 0.05) is 23.9 Å². The third kappa shape index (κ3) is 2.74. The zero-order chi connectivity index (χ0) is 11.6. The minimum atomic E-state index is 0.560. The first-order valence-electron chi connectivity index (χ1n) is 5.75. The molecule has 1 saturated heterocycles. The highest BCUT2D eigenvalue weighted by Gasteiger charge is 2.25. The van der Waals surface area contributed by atoms with Crippen LogP contribution in [0.3, 0.4) is 0 Å². The van der Waals surface area contributed by atoms with Crippen LogP contribution in [0.1, 0.15) is 33.6 Å². The molecule has 0 aromatic heterocycles. The van der Waals surface area contributed by atoms with Gasteiger partial charge >= 0.3 is 0 Å². The molecule has 0 spiro atoms. The topological polar surface area (TPSA) is 3.24 Å². The molecule has 0 aliphatic carbocycles. The summed E-state index contributed by atoms with van der Waals surface area (Å²) in [7, 11) is 0. The van der Waals surface area contributed by atoms with Gasteiger partial charge in [0.1, 0.15) is 0 Å². The maximum atomic E-state index is 4.13. The number of likely N-dealkylation sites (tertiary alicyclic amines) is 1. The lowest BCUT2D eigenvalue weighted by atomic mass is 10.0. The maximum absolute atomic E-state index is 4.13. The van der Waals surface area contributed by atoms with Crippen LogP contribution >= 0.6 is 0 Å². The molecule has 0 radical (unpaired) electrons. The first-order valence-corrected chi connectivity index (χ1v) is 5.75. The van der Waals surface area contributed by atoms with E-state index in [0.29, 0.717) is 11.8 Å². The Bertz CT molecular complexity index is 286. The van der Waals surface area contributed by atoms with E-state index < -0.39 is 0 Å². The van der Waals surface area contributed by atoms with Crippen LogP contribution in [0.4, 0.5) is 0 Å². The fraction of sp³-hybridized carbons (Fsp3) is 0.571. The van der Waals surface area contributed by atoms with Crippen LogP contribution in [-0.2, 0) is 0 Å². The normalized spacial score (nSPS) is 21.6. The van der Waals surface area contributed by atoms with E-state index in [9.17, 15) is 0 Å². The van der Waals surface area contributed by atoms with Gasteiger partial charge in [-0.2, -0.15) is 0 Å². The van der Waals surface area contributed by atoms with Gasteiger partial charge in [0.25, 0.3) is 0 Å². The summed E-state index contributed by atoms with van der Waals surface area (Å²) in [4.78, 5) is 2.26. The largest absolute Gasteiger partial charge is 0.349 e. The van der Waals surface area contributed by atoms with Crippen LogP contribution in [0.25, 0.3) is 0 Å². The van der Waals surface area contributed by atoms with E-state index in [2.05, 4.69) is 45.4 Å². The molecule has 1 rings (SSSR count). The summed E-state index contributed by atoms with van der Waals surface area (Å²) in [5.74, 6) is 1.14. The van der Waals surface area contributed by atoms with E-state index in [0.717, 1.165) is 19.4 Å². The van der Waals surface area contributed by atoms with Crippen molar-refractivity contribution in [2.75, 3.05) is 6.54 Å². The molecule has 15 heavy (non-hydrogen) atoms. The SMILES string of the molecule is C=C(CCN1C(=C)CC(C)C1=C)C(C)C. The molecule has 0 bridgehead atoms. The van der Waals surface area contributed by atoms with Crippen molar-refractivity contribution < 1.29 is 0 Å². The predicted molar refractivity (Wildman–Crippen MR) is 67.4 cm³/mol. The van der Waals surface area contributed by atoms with Crippen LogP contribution in [0.15, 0.2) is 36.7 Å². The van der Waals surface area contributed by atoms with Crippen LogP contribution in [0.5, 0.6) is 0 Å². The molecule has 84 valence electrons. The fourth-order valence-corrected chi connectivity index (χ4v) is 1.90. The smallest absolute Gasteiger partial charge is 0.0261 e. The van der Waals surface area contributed by atoms with Gasteiger partial charge in [0.2, 0.25) is 0 Å². The number of hydrogen-bond acceptors (Lipinski definition) is 1. The van der Waals surface area contributed by atoms with E-state index in [1.54, 1.807) is 0 Å². The van der Waals surface area contributed by atoms with Crippen molar-refractivity contribution in [2.24, 2.45) is 11.8 Å². The van der Waals surface area contributed by atoms with Gasteiger partial charge in [-0.1, -0.05) is 46.1 Å². The molecule has 1 unspecified atom stereocenters. The summed E-state index contributed by atoms with van der Waals surface area (Å²) in [6, 6.07) is 0. The second-order valence-corrected chi connectivity index (χ2v) is 4.88. The van der Waals surface area contributed by atoms with Crippen LogP contribution in [0, 0.1) is 11.8 Å². The van der Waals surface area contributed by atoms with Crippen molar-refractivity contribution in [2.45, 2.75) is 33.6 Å². The Morgan fingerprint density at radius 3 is 2.47 bits per heavy atom. The highest BCUT2D eigenvalue weighted by Crippen LogP contribution is 2.33. The van der Waals surface area contributed by atoms with Crippen molar-refractivity contribution in [1.82, 2.24) is 4.90 Å². The summed E-state index contributed by atoms with van der Waals surface area (Å²) in [5, 5.41) is 0. The molecule has 1 fully saturated rings. The highest BCUT2D eigenvalue weighted by molar-refractivity contribution is 5.19. The van der Waals surface area contributed by atoms with E-state index >= 15 is 0 Å². The van der Waals surface area contributed by atoms with Crippen molar-refractivity contribution in [3.63, 3.8) is 0 Å². The molecule has 1 heteroatoms. The monoisotopic (exact) mass is 205 g/mol. The molecular weight excluding hydrogens is 182 g/mol. The van der Waals surface area contributed by atoms with Gasteiger partial charge in [-0.3, -0.25) is 0 Å². The third-order valence-corrected chi connectivity index (χ3v) is 3.31. The lowest BCUT2D eigenvalue weighted by Gasteiger charge is -2.22. The molecule has 1 aliphatic heterocycles. The molecule has 1 atom stereocenters. The average molecular weight is 205 g/mol. The van der Waals surface area contributed by atoms with E-state index in [4.69, 9.17) is 0 Å². The third-order valence-electron chi connectivity index (χ3n) is 3.31. The van der Waals surface area contributed by atoms with Gasteiger partial charge in [0.15, 0.2) is 0 Å². The Balaban J connectivity index is 2.49. The minimum absolute atomic E-state index is 0.560. The van der Waals surface area contributed by atoms with Crippen LogP contribution in [0.2, 0.25) is 0 Å². The van der Waals surface area contributed by atoms with E-state index in [1.165, 1.54) is 17.0 Å². The molecule has 1 nitrogen and oxygen atoms in total. The van der Waals surface area contributed by atoms with Crippen LogP contribution in [-0.4, -0.2) is 11.4 Å². The Hall–Kier alpha value is -0.980. The lowest BCUT2D eigenvalue weighted by Crippen LogP contribution is -2.18. The zero-order valence-corrected chi connectivity index (χ0v) is 10.3. The number of nitrogens with zero attached hydrogens (tertiary/aromatic N) is 1. The summed E-state index contributed by atoms with van der Waals surface area (Å²) in [5.41, 5.74) is 3.75. The van der Waals surface area contributed by atoms with Crippen molar-refractivity contribution in [1.29, 1.82) is 0 Å². The van der Waals surface area contributed by atoms with Crippen molar-refractivity contribution >= 4 is 0 Å². The first-order chi connectivity index (χ1) is 6.93. The zero-order valence-electron chi connectivity index (χ0n) is 10.3. The standard InChI is InChI=1S/C14H23N/c1-10(2)11(3)7-8-15-13(5)9-12(4)14(15)6/h10,12H,3,5-9H2,1-2,4H3. The molecule has 0 N–H and O–H groups in total. The van der Waals surface area contributed by atoms with Gasteiger partial charge in [-0.25, -0.2) is 0 Å². The second kappa shape index (κ2) is 4.69. The summed E-state index contributed by atoms with van der Waals surface area (Å²) >= 11 is 0. The van der Waals surface area contributed by atoms with E-state index in [1.807, 2.05) is 0 Å². The number of rotatable bonds is 4. The maximum Gasteiger partial charge on any atom is 0.0261 e. The molecule has 0 aromatic rings. The van der Waals surface area contributed by atoms with Crippen molar-refractivity contribution in [3.05, 3.63) is 36.7 Å². The minimum Gasteiger partial charge on any atom is -0.349 e. The number of hydrogen-bond donors (Lipinski definition) is 0.